The number of nitrogens with zero attached hydrogens (tertiary/aromatic N) is 2. The Balaban J connectivity index is 1.52. The van der Waals surface area contributed by atoms with Gasteiger partial charge < -0.3 is 14.1 Å². The number of rotatable bonds is 6. The highest BCUT2D eigenvalue weighted by Gasteiger charge is 2.37. The summed E-state index contributed by atoms with van der Waals surface area (Å²) in [7, 11) is -2.21. The summed E-state index contributed by atoms with van der Waals surface area (Å²) in [6.45, 7) is 6.62. The van der Waals surface area contributed by atoms with Crippen LogP contribution in [0.25, 0.3) is 0 Å². The van der Waals surface area contributed by atoms with E-state index < -0.39 is 10.0 Å². The molecule has 0 unspecified atom stereocenters. The summed E-state index contributed by atoms with van der Waals surface area (Å²) in [6, 6.07) is 8.23. The second-order valence-corrected chi connectivity index (χ2v) is 11.3. The van der Waals surface area contributed by atoms with E-state index in [1.807, 2.05) is 26.0 Å². The number of halogens is 1. The predicted octanol–water partition coefficient (Wildman–Crippen LogP) is 4.13. The van der Waals surface area contributed by atoms with E-state index in [9.17, 15) is 13.2 Å². The van der Waals surface area contributed by atoms with Crippen molar-refractivity contribution in [2.75, 3.05) is 20.1 Å². The van der Waals surface area contributed by atoms with Crippen molar-refractivity contribution in [3.8, 4) is 0 Å². The molecule has 0 radical (unpaired) electrons. The predicted molar refractivity (Wildman–Crippen MR) is 121 cm³/mol. The number of hydrogen-bond donors (Lipinski definition) is 0. The molecule has 9 heteroatoms. The molecule has 32 heavy (non-hydrogen) atoms. The first kappa shape index (κ1) is 23.3. The van der Waals surface area contributed by atoms with Crippen molar-refractivity contribution in [1.82, 2.24) is 9.21 Å². The Hall–Kier alpha value is -1.87. The summed E-state index contributed by atoms with van der Waals surface area (Å²) in [5.41, 5.74) is 0.257. The highest BCUT2D eigenvalue weighted by molar-refractivity contribution is 7.89. The fourth-order valence-electron chi connectivity index (χ4n) is 4.22. The summed E-state index contributed by atoms with van der Waals surface area (Å²) in [4.78, 5) is 14.5. The van der Waals surface area contributed by atoms with E-state index in [4.69, 9.17) is 20.8 Å². The first-order valence-corrected chi connectivity index (χ1v) is 12.7. The zero-order valence-electron chi connectivity index (χ0n) is 18.7. The average Bonchev–Trinajstić information content (AvgIpc) is 3.27. The van der Waals surface area contributed by atoms with E-state index in [0.717, 1.165) is 12.2 Å². The number of benzene rings is 1. The van der Waals surface area contributed by atoms with E-state index in [0.29, 0.717) is 24.1 Å². The standard InChI is InChI=1S/C23H29ClN2O5S/c1-14-9-19(14)21-8-6-18(31-21)13-25(4)23(27)17-5-7-20(24)22(10-17)32(28,29)26-11-15(2)30-16(3)12-26/h5-8,10,14-16,19H,9,11-13H2,1-4H3/t14-,15-,16+,19+/m0/s1. The van der Waals surface area contributed by atoms with Gasteiger partial charge in [0.15, 0.2) is 0 Å². The number of carbonyl (C=O) groups is 1. The second kappa shape index (κ2) is 8.82. The molecule has 7 nitrogen and oxygen atoms in total. The van der Waals surface area contributed by atoms with Crippen molar-refractivity contribution >= 4 is 27.5 Å². The molecule has 2 aromatic rings. The van der Waals surface area contributed by atoms with Gasteiger partial charge in [-0.25, -0.2) is 8.42 Å². The van der Waals surface area contributed by atoms with Crippen molar-refractivity contribution in [2.45, 2.75) is 56.8 Å². The maximum absolute atomic E-state index is 13.3. The smallest absolute Gasteiger partial charge is 0.254 e. The van der Waals surface area contributed by atoms with Gasteiger partial charge in [-0.2, -0.15) is 4.31 Å². The van der Waals surface area contributed by atoms with Gasteiger partial charge in [0.05, 0.1) is 23.8 Å². The highest BCUT2D eigenvalue weighted by atomic mass is 35.5. The minimum absolute atomic E-state index is 0.0669. The second-order valence-electron chi connectivity index (χ2n) is 9.01. The van der Waals surface area contributed by atoms with Gasteiger partial charge >= 0.3 is 0 Å². The molecule has 174 valence electrons. The van der Waals surface area contributed by atoms with E-state index in [1.54, 1.807) is 13.1 Å². The molecule has 2 fully saturated rings. The molecule has 1 aliphatic carbocycles. The molecule has 1 saturated heterocycles. The monoisotopic (exact) mass is 480 g/mol. The van der Waals surface area contributed by atoms with Crippen molar-refractivity contribution in [3.05, 3.63) is 52.4 Å². The lowest BCUT2D eigenvalue weighted by molar-refractivity contribution is -0.0440. The van der Waals surface area contributed by atoms with Crippen molar-refractivity contribution in [2.24, 2.45) is 5.92 Å². The Bertz CT molecular complexity index is 1110. The van der Waals surface area contributed by atoms with Crippen LogP contribution in [0.15, 0.2) is 39.6 Å². The maximum Gasteiger partial charge on any atom is 0.254 e. The lowest BCUT2D eigenvalue weighted by atomic mass is 10.2. The van der Waals surface area contributed by atoms with Gasteiger partial charge in [-0.3, -0.25) is 4.79 Å². The molecule has 4 atom stereocenters. The SMILES string of the molecule is C[C@@H]1CN(S(=O)(=O)c2cc(C(=O)N(C)Cc3ccc([C@@H]4C[C@@H]4C)o3)ccc2Cl)C[C@H](C)O1. The molecule has 1 aliphatic heterocycles. The highest BCUT2D eigenvalue weighted by Crippen LogP contribution is 2.47. The van der Waals surface area contributed by atoms with Gasteiger partial charge in [0.25, 0.3) is 5.91 Å². The van der Waals surface area contributed by atoms with Crippen LogP contribution in [0, 0.1) is 5.92 Å². The number of morpholine rings is 1. The summed E-state index contributed by atoms with van der Waals surface area (Å²) in [6.07, 6.45) is 0.685. The third kappa shape index (κ3) is 4.73. The van der Waals surface area contributed by atoms with Gasteiger partial charge in [0.2, 0.25) is 10.0 Å². The van der Waals surface area contributed by atoms with Crippen molar-refractivity contribution in [3.63, 3.8) is 0 Å². The van der Waals surface area contributed by atoms with Crippen LogP contribution in [-0.2, 0) is 21.3 Å². The Morgan fingerprint density at radius 1 is 1.16 bits per heavy atom. The number of hydrogen-bond acceptors (Lipinski definition) is 5. The Labute approximate surface area is 194 Å². The van der Waals surface area contributed by atoms with E-state index in [-0.39, 0.29) is 46.7 Å². The molecule has 1 aromatic carbocycles. The first-order valence-electron chi connectivity index (χ1n) is 10.9. The number of sulfonamides is 1. The molecule has 1 saturated carbocycles. The molecule has 0 spiro atoms. The molecule has 0 bridgehead atoms. The summed E-state index contributed by atoms with van der Waals surface area (Å²) in [5, 5.41) is 0.0882. The number of furan rings is 1. The number of ether oxygens (including phenoxy) is 1. The van der Waals surface area contributed by atoms with Crippen LogP contribution < -0.4 is 0 Å². The molecule has 2 aliphatic rings. The third-order valence-electron chi connectivity index (χ3n) is 6.08. The summed E-state index contributed by atoms with van der Waals surface area (Å²) >= 11 is 6.26. The zero-order chi connectivity index (χ0) is 23.2. The van der Waals surface area contributed by atoms with Crippen LogP contribution in [0.5, 0.6) is 0 Å². The Morgan fingerprint density at radius 3 is 2.44 bits per heavy atom. The fraction of sp³-hybridized carbons (Fsp3) is 0.522. The fourth-order valence-corrected chi connectivity index (χ4v) is 6.31. The van der Waals surface area contributed by atoms with Gasteiger partial charge in [-0.15, -0.1) is 0 Å². The largest absolute Gasteiger partial charge is 0.464 e. The van der Waals surface area contributed by atoms with Gasteiger partial charge in [-0.1, -0.05) is 18.5 Å². The minimum Gasteiger partial charge on any atom is -0.464 e. The van der Waals surface area contributed by atoms with Crippen molar-refractivity contribution < 1.29 is 22.4 Å². The minimum atomic E-state index is -3.87. The lowest BCUT2D eigenvalue weighted by Gasteiger charge is -2.34. The van der Waals surface area contributed by atoms with Crippen LogP contribution in [0.1, 0.15) is 55.0 Å². The van der Waals surface area contributed by atoms with Gasteiger partial charge in [0, 0.05) is 31.6 Å². The Morgan fingerprint density at radius 2 is 1.81 bits per heavy atom. The quantitative estimate of drug-likeness (QED) is 0.621. The normalized spacial score (nSPS) is 26.2. The average molecular weight is 481 g/mol. The Kier molecular flexibility index (Phi) is 6.42. The van der Waals surface area contributed by atoms with Crippen LogP contribution in [0.2, 0.25) is 5.02 Å². The van der Waals surface area contributed by atoms with Crippen LogP contribution in [0.3, 0.4) is 0 Å². The van der Waals surface area contributed by atoms with E-state index >= 15 is 0 Å². The molecular formula is C23H29ClN2O5S. The molecule has 2 heterocycles. The van der Waals surface area contributed by atoms with Crippen LogP contribution in [0.4, 0.5) is 0 Å². The zero-order valence-corrected chi connectivity index (χ0v) is 20.3. The van der Waals surface area contributed by atoms with Gasteiger partial charge in [0.1, 0.15) is 16.4 Å². The van der Waals surface area contributed by atoms with E-state index in [1.165, 1.54) is 21.3 Å². The maximum atomic E-state index is 13.3. The number of amides is 1. The molecule has 0 N–H and O–H groups in total. The summed E-state index contributed by atoms with van der Waals surface area (Å²) in [5.74, 6) is 2.47. The lowest BCUT2D eigenvalue weighted by Crippen LogP contribution is -2.48. The number of carbonyl (C=O) groups excluding carboxylic acids is 1. The topological polar surface area (TPSA) is 80.1 Å². The van der Waals surface area contributed by atoms with Gasteiger partial charge in [-0.05, 0) is 56.5 Å². The summed E-state index contributed by atoms with van der Waals surface area (Å²) < 4.78 is 39.5. The van der Waals surface area contributed by atoms with E-state index in [2.05, 4.69) is 6.92 Å². The van der Waals surface area contributed by atoms with Crippen LogP contribution in [-0.4, -0.2) is 55.9 Å². The van der Waals surface area contributed by atoms with Crippen LogP contribution >= 0.6 is 11.6 Å². The molecule has 1 aromatic heterocycles. The molecule has 1 amide bonds. The van der Waals surface area contributed by atoms with Crippen molar-refractivity contribution in [1.29, 1.82) is 0 Å². The third-order valence-corrected chi connectivity index (χ3v) is 8.39. The molecule has 4 rings (SSSR count). The first-order chi connectivity index (χ1) is 15.1. The molecular weight excluding hydrogens is 452 g/mol.